The third-order valence-electron chi connectivity index (χ3n) is 6.35. The fraction of sp³-hybridized carbons (Fsp3) is 0.345. The van der Waals surface area contributed by atoms with Gasteiger partial charge < -0.3 is 10.1 Å². The maximum Gasteiger partial charge on any atom is 0.229 e. The van der Waals surface area contributed by atoms with Crippen LogP contribution in [0.5, 0.6) is 0 Å². The van der Waals surface area contributed by atoms with Gasteiger partial charge in [0.25, 0.3) is 0 Å². The summed E-state index contributed by atoms with van der Waals surface area (Å²) in [6.07, 6.45) is 1.42. The van der Waals surface area contributed by atoms with Crippen LogP contribution in [0.4, 0.5) is 5.82 Å². The van der Waals surface area contributed by atoms with Crippen LogP contribution in [0.2, 0.25) is 5.02 Å². The molecule has 0 fully saturated rings. The summed E-state index contributed by atoms with van der Waals surface area (Å²) in [5.41, 5.74) is 2.39. The standard InChI is InChI=1S/C27H27ClN2O4S.C2H6/c1-27(19-5-7-20(28)8-6-19)14-13-23-22(26(27)32)11-12-24(29-23)30-25(31)17-18-3-9-21(10-4-18)35(33)16-15-34-2;1-2/h3-12H,13-17H2,1-2H3,(H,29,30,31);1-2H3. The quantitative estimate of drug-likeness (QED) is 0.391. The average molecular weight is 541 g/mol. The van der Waals surface area contributed by atoms with E-state index < -0.39 is 16.2 Å². The van der Waals surface area contributed by atoms with Gasteiger partial charge in [-0.15, -0.1) is 0 Å². The van der Waals surface area contributed by atoms with Crippen molar-refractivity contribution in [3.8, 4) is 0 Å². The van der Waals surface area contributed by atoms with Crippen molar-refractivity contribution >= 4 is 39.9 Å². The molecule has 8 heteroatoms. The van der Waals surface area contributed by atoms with Crippen molar-refractivity contribution in [2.24, 2.45) is 0 Å². The van der Waals surface area contributed by atoms with Crippen LogP contribution in [0.25, 0.3) is 0 Å². The number of methoxy groups -OCH3 is 1. The Morgan fingerprint density at radius 2 is 1.76 bits per heavy atom. The summed E-state index contributed by atoms with van der Waals surface area (Å²) in [4.78, 5) is 31.2. The Bertz CT molecular complexity index is 1260. The number of ketones is 1. The van der Waals surface area contributed by atoms with Gasteiger partial charge in [0.2, 0.25) is 5.91 Å². The number of halogens is 1. The van der Waals surface area contributed by atoms with Crippen LogP contribution in [0.15, 0.2) is 65.6 Å². The molecule has 2 unspecified atom stereocenters. The summed E-state index contributed by atoms with van der Waals surface area (Å²) >= 11 is 6.01. The van der Waals surface area contributed by atoms with Crippen LogP contribution in [-0.4, -0.2) is 40.4 Å². The monoisotopic (exact) mass is 540 g/mol. The zero-order valence-corrected chi connectivity index (χ0v) is 23.2. The first-order valence-electron chi connectivity index (χ1n) is 12.4. The highest BCUT2D eigenvalue weighted by Crippen LogP contribution is 2.38. The van der Waals surface area contributed by atoms with Crippen LogP contribution in [-0.2, 0) is 38.6 Å². The van der Waals surface area contributed by atoms with E-state index in [4.69, 9.17) is 16.3 Å². The van der Waals surface area contributed by atoms with Crippen molar-refractivity contribution in [3.05, 3.63) is 88.1 Å². The lowest BCUT2D eigenvalue weighted by Gasteiger charge is -2.33. The van der Waals surface area contributed by atoms with Crippen molar-refractivity contribution in [3.63, 3.8) is 0 Å². The van der Waals surface area contributed by atoms with Gasteiger partial charge in [-0.1, -0.05) is 49.7 Å². The lowest BCUT2D eigenvalue weighted by Crippen LogP contribution is -2.37. The summed E-state index contributed by atoms with van der Waals surface area (Å²) in [5, 5.41) is 3.46. The molecule has 1 N–H and O–H groups in total. The minimum absolute atomic E-state index is 0.0226. The van der Waals surface area contributed by atoms with E-state index in [9.17, 15) is 13.8 Å². The normalized spacial score (nSPS) is 17.3. The lowest BCUT2D eigenvalue weighted by atomic mass is 9.69. The first-order valence-corrected chi connectivity index (χ1v) is 14.1. The van der Waals surface area contributed by atoms with E-state index in [2.05, 4.69) is 10.3 Å². The predicted molar refractivity (Wildman–Crippen MR) is 149 cm³/mol. The van der Waals surface area contributed by atoms with E-state index in [1.165, 1.54) is 0 Å². The molecule has 2 aromatic carbocycles. The highest BCUT2D eigenvalue weighted by atomic mass is 35.5. The van der Waals surface area contributed by atoms with Crippen molar-refractivity contribution in [1.82, 2.24) is 4.98 Å². The minimum atomic E-state index is -1.13. The number of hydrogen-bond acceptors (Lipinski definition) is 5. The van der Waals surface area contributed by atoms with Gasteiger partial charge in [0.15, 0.2) is 5.78 Å². The lowest BCUT2D eigenvalue weighted by molar-refractivity contribution is -0.115. The Hall–Kier alpha value is -2.87. The smallest absolute Gasteiger partial charge is 0.229 e. The highest BCUT2D eigenvalue weighted by molar-refractivity contribution is 7.85. The third-order valence-corrected chi connectivity index (χ3v) is 7.94. The van der Waals surface area contributed by atoms with E-state index in [0.717, 1.165) is 11.1 Å². The maximum atomic E-state index is 13.3. The molecule has 1 aromatic heterocycles. The van der Waals surface area contributed by atoms with Gasteiger partial charge in [-0.2, -0.15) is 0 Å². The molecule has 0 spiro atoms. The summed E-state index contributed by atoms with van der Waals surface area (Å²) in [6, 6.07) is 18.0. The number of aromatic nitrogens is 1. The Morgan fingerprint density at radius 3 is 2.41 bits per heavy atom. The highest BCUT2D eigenvalue weighted by Gasteiger charge is 2.40. The minimum Gasteiger partial charge on any atom is -0.384 e. The van der Waals surface area contributed by atoms with Gasteiger partial charge in [-0.25, -0.2) is 4.98 Å². The molecule has 1 heterocycles. The van der Waals surface area contributed by atoms with Crippen molar-refractivity contribution in [2.75, 3.05) is 24.8 Å². The maximum absolute atomic E-state index is 13.3. The van der Waals surface area contributed by atoms with Gasteiger partial charge in [-0.05, 0) is 67.3 Å². The Labute approximate surface area is 226 Å². The number of ether oxygens (including phenoxy) is 1. The molecule has 1 aliphatic carbocycles. The molecule has 6 nitrogen and oxygen atoms in total. The van der Waals surface area contributed by atoms with E-state index in [-0.39, 0.29) is 18.1 Å². The number of carbonyl (C=O) groups is 2. The molecule has 0 saturated carbocycles. The van der Waals surface area contributed by atoms with E-state index in [1.807, 2.05) is 32.9 Å². The number of anilines is 1. The van der Waals surface area contributed by atoms with Gasteiger partial charge in [0, 0.05) is 22.6 Å². The van der Waals surface area contributed by atoms with E-state index >= 15 is 0 Å². The van der Waals surface area contributed by atoms with Crippen molar-refractivity contribution < 1.29 is 18.5 Å². The van der Waals surface area contributed by atoms with Crippen molar-refractivity contribution in [1.29, 1.82) is 0 Å². The Kier molecular flexibility index (Phi) is 10.1. The number of hydrogen-bond donors (Lipinski definition) is 1. The largest absolute Gasteiger partial charge is 0.384 e. The van der Waals surface area contributed by atoms with Crippen LogP contribution < -0.4 is 5.32 Å². The number of amides is 1. The molecule has 0 radical (unpaired) electrons. The SMILES string of the molecule is CC.COCCS(=O)c1ccc(CC(=O)Nc2ccc3c(n2)CCC(C)(c2ccc(Cl)cc2)C3=O)cc1. The first kappa shape index (κ1) is 28.7. The molecule has 4 rings (SSSR count). The molecular weight excluding hydrogens is 508 g/mol. The predicted octanol–water partition coefficient (Wildman–Crippen LogP) is 5.78. The molecule has 37 heavy (non-hydrogen) atoms. The second-order valence-corrected chi connectivity index (χ2v) is 10.8. The second-order valence-electron chi connectivity index (χ2n) is 8.77. The fourth-order valence-electron chi connectivity index (χ4n) is 4.25. The number of nitrogens with one attached hydrogen (secondary N) is 1. The number of Topliss-reactive ketones (excluding diaryl/α,β-unsaturated/α-hetero) is 1. The van der Waals surface area contributed by atoms with E-state index in [1.54, 1.807) is 55.6 Å². The molecule has 0 bridgehead atoms. The average Bonchev–Trinajstić information content (AvgIpc) is 2.91. The number of fused-ring (bicyclic) bond motifs is 1. The molecule has 2 atom stereocenters. The zero-order valence-electron chi connectivity index (χ0n) is 21.7. The second kappa shape index (κ2) is 13.1. The molecule has 1 amide bonds. The van der Waals surface area contributed by atoms with Gasteiger partial charge >= 0.3 is 0 Å². The summed E-state index contributed by atoms with van der Waals surface area (Å²) in [7, 11) is 0.448. The van der Waals surface area contributed by atoms with Crippen LogP contribution >= 0.6 is 11.6 Å². The van der Waals surface area contributed by atoms with Crippen molar-refractivity contribution in [2.45, 2.75) is 50.3 Å². The van der Waals surface area contributed by atoms with Crippen LogP contribution in [0.3, 0.4) is 0 Å². The molecule has 1 aliphatic rings. The zero-order chi connectivity index (χ0) is 27.0. The molecule has 3 aromatic rings. The number of benzene rings is 2. The number of rotatable bonds is 8. The molecular formula is C29H33ClN2O4S. The molecule has 0 aliphatic heterocycles. The Morgan fingerprint density at radius 1 is 1.08 bits per heavy atom. The number of pyridine rings is 1. The summed E-state index contributed by atoms with van der Waals surface area (Å²) < 4.78 is 17.1. The number of aryl methyl sites for hydroxylation is 1. The molecule has 0 saturated heterocycles. The summed E-state index contributed by atoms with van der Waals surface area (Å²) in [5.74, 6) is 0.670. The molecule has 196 valence electrons. The first-order chi connectivity index (χ1) is 17.8. The number of carbonyl (C=O) groups excluding carboxylic acids is 2. The number of nitrogens with zero attached hydrogens (tertiary/aromatic N) is 1. The third kappa shape index (κ3) is 6.92. The summed E-state index contributed by atoms with van der Waals surface area (Å²) in [6.45, 7) is 6.38. The van der Waals surface area contributed by atoms with Gasteiger partial charge in [0.05, 0.1) is 40.7 Å². The van der Waals surface area contributed by atoms with Crippen LogP contribution in [0, 0.1) is 0 Å². The van der Waals surface area contributed by atoms with Gasteiger partial charge in [-0.3, -0.25) is 13.8 Å². The van der Waals surface area contributed by atoms with Gasteiger partial charge in [0.1, 0.15) is 5.82 Å². The fourth-order valence-corrected chi connectivity index (χ4v) is 5.37. The van der Waals surface area contributed by atoms with Crippen LogP contribution in [0.1, 0.15) is 54.4 Å². The topological polar surface area (TPSA) is 85.4 Å². The Balaban J connectivity index is 0.00000186. The van der Waals surface area contributed by atoms with E-state index in [0.29, 0.717) is 52.2 Å².